The zero-order valence-electron chi connectivity index (χ0n) is 15.5. The van der Waals surface area contributed by atoms with Gasteiger partial charge in [-0.15, -0.1) is 11.3 Å². The standard InChI is InChI=1S/C19H25N3O4S2/c20-16(23)18-8-11-6-12(9-18)15(13(7-11)10-18)21-17(24)19(3-4-19)22(28(25)26)14-2-1-5-27-14/h1-2,5,11-13,15,28H,3-4,6-10H2,(H2,20,23)(H,21,24). The number of amides is 2. The number of rotatable bonds is 6. The summed E-state index contributed by atoms with van der Waals surface area (Å²) in [4.78, 5) is 25.4. The second-order valence-electron chi connectivity index (χ2n) is 9.15. The van der Waals surface area contributed by atoms with Crippen LogP contribution in [-0.2, 0) is 20.5 Å². The molecule has 2 unspecified atom stereocenters. The molecule has 5 saturated carbocycles. The number of hydrogen-bond donors (Lipinski definition) is 3. The average Bonchev–Trinajstić information content (AvgIpc) is 3.24. The Hall–Kier alpha value is -1.61. The van der Waals surface area contributed by atoms with Crippen molar-refractivity contribution in [2.75, 3.05) is 4.31 Å². The summed E-state index contributed by atoms with van der Waals surface area (Å²) in [6.45, 7) is 0. The molecule has 152 valence electrons. The molecule has 1 aromatic heterocycles. The van der Waals surface area contributed by atoms with Crippen molar-refractivity contribution in [2.45, 2.75) is 56.5 Å². The van der Waals surface area contributed by atoms with Crippen LogP contribution in [0, 0.1) is 23.2 Å². The van der Waals surface area contributed by atoms with Gasteiger partial charge in [0.1, 0.15) is 10.5 Å². The molecular formula is C19H25N3O4S2. The van der Waals surface area contributed by atoms with Crippen LogP contribution in [0.25, 0.3) is 0 Å². The highest BCUT2D eigenvalue weighted by atomic mass is 32.2. The molecule has 0 aliphatic heterocycles. The van der Waals surface area contributed by atoms with Gasteiger partial charge in [0.25, 0.3) is 0 Å². The average molecular weight is 424 g/mol. The Morgan fingerprint density at radius 3 is 2.36 bits per heavy atom. The maximum atomic E-state index is 13.3. The van der Waals surface area contributed by atoms with Crippen molar-refractivity contribution in [1.29, 1.82) is 0 Å². The largest absolute Gasteiger partial charge is 0.369 e. The number of thiophene rings is 1. The predicted molar refractivity (Wildman–Crippen MR) is 106 cm³/mol. The number of carbonyl (C=O) groups excluding carboxylic acids is 2. The van der Waals surface area contributed by atoms with E-state index < -0.39 is 21.8 Å². The van der Waals surface area contributed by atoms with Crippen LogP contribution in [0.5, 0.6) is 0 Å². The van der Waals surface area contributed by atoms with Gasteiger partial charge in [-0.2, -0.15) is 0 Å². The van der Waals surface area contributed by atoms with Crippen molar-refractivity contribution in [2.24, 2.45) is 28.9 Å². The van der Waals surface area contributed by atoms with E-state index in [-0.39, 0.29) is 29.7 Å². The van der Waals surface area contributed by atoms with E-state index in [1.807, 2.05) is 5.38 Å². The molecule has 7 nitrogen and oxygen atoms in total. The van der Waals surface area contributed by atoms with Gasteiger partial charge in [-0.3, -0.25) is 9.59 Å². The summed E-state index contributed by atoms with van der Waals surface area (Å²) < 4.78 is 25.2. The Labute approximate surface area is 169 Å². The lowest BCUT2D eigenvalue weighted by molar-refractivity contribution is -0.147. The number of anilines is 1. The van der Waals surface area contributed by atoms with Crippen LogP contribution in [0.4, 0.5) is 5.00 Å². The molecule has 0 spiro atoms. The Bertz CT molecular complexity index is 869. The summed E-state index contributed by atoms with van der Waals surface area (Å²) in [5.74, 6) is 0.657. The lowest BCUT2D eigenvalue weighted by atomic mass is 9.47. The molecule has 0 aromatic carbocycles. The first-order valence-electron chi connectivity index (χ1n) is 9.94. The van der Waals surface area contributed by atoms with Crippen LogP contribution < -0.4 is 15.4 Å². The summed E-state index contributed by atoms with van der Waals surface area (Å²) in [7, 11) is -2.90. The number of nitrogens with two attached hydrogens (primary N) is 1. The third-order valence-electron chi connectivity index (χ3n) is 7.52. The predicted octanol–water partition coefficient (Wildman–Crippen LogP) is 1.41. The van der Waals surface area contributed by atoms with E-state index in [0.717, 1.165) is 32.1 Å². The van der Waals surface area contributed by atoms with Crippen molar-refractivity contribution in [3.8, 4) is 0 Å². The van der Waals surface area contributed by atoms with Crippen LogP contribution >= 0.6 is 11.3 Å². The van der Waals surface area contributed by atoms with Crippen LogP contribution in [0.15, 0.2) is 17.5 Å². The second-order valence-corrected chi connectivity index (χ2v) is 10.9. The molecule has 5 aliphatic carbocycles. The molecule has 5 aliphatic rings. The van der Waals surface area contributed by atoms with E-state index in [1.165, 1.54) is 15.6 Å². The lowest BCUT2D eigenvalue weighted by Crippen LogP contribution is -2.64. The maximum Gasteiger partial charge on any atom is 0.247 e. The Kier molecular flexibility index (Phi) is 4.07. The summed E-state index contributed by atoms with van der Waals surface area (Å²) in [5, 5.41) is 5.62. The molecule has 2 atom stereocenters. The zero-order valence-corrected chi connectivity index (χ0v) is 17.2. The molecule has 2 amide bonds. The number of nitrogens with zero attached hydrogens (tertiary/aromatic N) is 1. The van der Waals surface area contributed by atoms with Crippen molar-refractivity contribution in [1.82, 2.24) is 5.32 Å². The van der Waals surface area contributed by atoms with E-state index in [1.54, 1.807) is 12.1 Å². The first-order valence-corrected chi connectivity index (χ1v) is 11.9. The maximum absolute atomic E-state index is 13.3. The Morgan fingerprint density at radius 1 is 1.18 bits per heavy atom. The van der Waals surface area contributed by atoms with Gasteiger partial charge < -0.3 is 11.1 Å². The third-order valence-corrected chi connectivity index (χ3v) is 9.44. The molecule has 0 saturated heterocycles. The minimum Gasteiger partial charge on any atom is -0.369 e. The van der Waals surface area contributed by atoms with E-state index >= 15 is 0 Å². The molecular weight excluding hydrogens is 398 g/mol. The normalized spacial score (nSPS) is 37.0. The summed E-state index contributed by atoms with van der Waals surface area (Å²) in [6, 6.07) is 3.55. The highest BCUT2D eigenvalue weighted by Crippen LogP contribution is 2.60. The molecule has 6 rings (SSSR count). The summed E-state index contributed by atoms with van der Waals surface area (Å²) in [6.07, 6.45) is 5.51. The van der Waals surface area contributed by atoms with Gasteiger partial charge in [-0.05, 0) is 80.2 Å². The molecule has 1 aromatic rings. The highest BCUT2D eigenvalue weighted by molar-refractivity contribution is 7.74. The molecule has 1 heterocycles. The first-order chi connectivity index (χ1) is 13.3. The van der Waals surface area contributed by atoms with Crippen molar-refractivity contribution < 1.29 is 18.0 Å². The minimum atomic E-state index is -2.90. The SMILES string of the molecule is NC(=O)C12CC3CC(C1)C(NC(=O)C1(N(c4cccs4)[SH](=O)=O)CC1)C(C3)C2. The monoisotopic (exact) mass is 423 g/mol. The topological polar surface area (TPSA) is 110 Å². The molecule has 3 N–H and O–H groups in total. The third kappa shape index (κ3) is 2.62. The van der Waals surface area contributed by atoms with Gasteiger partial charge in [0.15, 0.2) is 0 Å². The fourth-order valence-electron chi connectivity index (χ4n) is 6.34. The van der Waals surface area contributed by atoms with Gasteiger partial charge in [0.2, 0.25) is 22.7 Å². The minimum absolute atomic E-state index is 0.0173. The Balaban J connectivity index is 1.37. The van der Waals surface area contributed by atoms with Gasteiger partial charge in [-0.25, -0.2) is 12.7 Å². The highest BCUT2D eigenvalue weighted by Gasteiger charge is 2.61. The van der Waals surface area contributed by atoms with Crippen molar-refractivity contribution in [3.05, 3.63) is 17.5 Å². The van der Waals surface area contributed by atoms with Crippen LogP contribution in [0.2, 0.25) is 0 Å². The smallest absolute Gasteiger partial charge is 0.247 e. The number of hydrogen-bond acceptors (Lipinski definition) is 5. The van der Waals surface area contributed by atoms with Crippen LogP contribution in [-0.4, -0.2) is 31.8 Å². The van der Waals surface area contributed by atoms with E-state index in [0.29, 0.717) is 23.8 Å². The molecule has 4 bridgehead atoms. The van der Waals surface area contributed by atoms with E-state index in [9.17, 15) is 18.0 Å². The van der Waals surface area contributed by atoms with Crippen molar-refractivity contribution in [3.63, 3.8) is 0 Å². The fourth-order valence-corrected chi connectivity index (χ4v) is 8.24. The quantitative estimate of drug-likeness (QED) is 0.601. The number of primary amides is 1. The first kappa shape index (κ1) is 18.4. The van der Waals surface area contributed by atoms with Crippen LogP contribution in [0.1, 0.15) is 44.9 Å². The van der Waals surface area contributed by atoms with Crippen LogP contribution in [0.3, 0.4) is 0 Å². The van der Waals surface area contributed by atoms with Gasteiger partial charge >= 0.3 is 0 Å². The fraction of sp³-hybridized carbons (Fsp3) is 0.684. The number of carbonyl (C=O) groups is 2. The van der Waals surface area contributed by atoms with Gasteiger partial charge in [-0.1, -0.05) is 0 Å². The van der Waals surface area contributed by atoms with E-state index in [4.69, 9.17) is 5.73 Å². The lowest BCUT2D eigenvalue weighted by Gasteiger charge is -2.59. The summed E-state index contributed by atoms with van der Waals surface area (Å²) >= 11 is 1.33. The van der Waals surface area contributed by atoms with Gasteiger partial charge in [0.05, 0.1) is 0 Å². The summed E-state index contributed by atoms with van der Waals surface area (Å²) in [5.41, 5.74) is 4.36. The number of thiol groups is 1. The van der Waals surface area contributed by atoms with E-state index in [2.05, 4.69) is 5.32 Å². The number of nitrogens with one attached hydrogen (secondary N) is 1. The van der Waals surface area contributed by atoms with Gasteiger partial charge in [0, 0.05) is 11.5 Å². The Morgan fingerprint density at radius 2 is 1.86 bits per heavy atom. The van der Waals surface area contributed by atoms with Crippen molar-refractivity contribution >= 4 is 39.0 Å². The molecule has 0 radical (unpaired) electrons. The second kappa shape index (κ2) is 6.19. The molecule has 9 heteroatoms. The molecule has 5 fully saturated rings. The molecule has 28 heavy (non-hydrogen) atoms. The zero-order chi connectivity index (χ0) is 19.7.